The van der Waals surface area contributed by atoms with Crippen LogP contribution in [0.25, 0.3) is 0 Å². The van der Waals surface area contributed by atoms with Gasteiger partial charge in [-0.2, -0.15) is 4.91 Å². The molecule has 2 atom stereocenters. The molecule has 1 saturated heterocycles. The Morgan fingerprint density at radius 1 is 1.77 bits per heavy atom. The van der Waals surface area contributed by atoms with Crippen molar-refractivity contribution in [2.75, 3.05) is 6.54 Å². The Morgan fingerprint density at radius 2 is 2.31 bits per heavy atom. The van der Waals surface area contributed by atoms with Crippen LogP contribution in [0, 0.1) is 17.3 Å². The van der Waals surface area contributed by atoms with E-state index in [4.69, 9.17) is 5.11 Å². The van der Waals surface area contributed by atoms with Crippen molar-refractivity contribution in [2.45, 2.75) is 25.4 Å². The Kier molecular flexibility index (Phi) is 5.48. The van der Waals surface area contributed by atoms with Crippen molar-refractivity contribution in [3.63, 3.8) is 0 Å². The van der Waals surface area contributed by atoms with Crippen molar-refractivity contribution in [1.29, 1.82) is 0 Å². The molecule has 0 bridgehead atoms. The molecule has 5 heteroatoms. The zero-order valence-electron chi connectivity index (χ0n) is 7.36. The van der Waals surface area contributed by atoms with E-state index in [-0.39, 0.29) is 6.04 Å². The number of rotatable bonds is 2. The second-order valence-corrected chi connectivity index (χ2v) is 2.58. The predicted octanol–water partition coefficient (Wildman–Crippen LogP) is 0.207. The van der Waals surface area contributed by atoms with Crippen LogP contribution < -0.4 is 5.32 Å². The van der Waals surface area contributed by atoms with E-state index in [2.05, 4.69) is 22.8 Å². The standard InChI is InChI=1S/C5H8N2O3.C3H4/c8-5(9)4-1-3(7-10)2-6-4;1-3-2/h3-4,6H,1-2H2,(H,8,9);1H,2H3/t3-,4+;/m1./s1. The van der Waals surface area contributed by atoms with Crippen LogP contribution in [-0.4, -0.2) is 29.7 Å². The van der Waals surface area contributed by atoms with Gasteiger partial charge in [0.25, 0.3) is 0 Å². The van der Waals surface area contributed by atoms with E-state index < -0.39 is 12.0 Å². The summed E-state index contributed by atoms with van der Waals surface area (Å²) >= 11 is 0. The Labute approximate surface area is 76.5 Å². The SMILES string of the molecule is C#CC.O=N[C@H]1CN[C@H](C(=O)O)C1. The fourth-order valence-corrected chi connectivity index (χ4v) is 0.985. The molecule has 0 amide bonds. The number of carbonyl (C=O) groups is 1. The van der Waals surface area contributed by atoms with E-state index >= 15 is 0 Å². The van der Waals surface area contributed by atoms with Gasteiger partial charge in [0.1, 0.15) is 12.1 Å². The fourth-order valence-electron chi connectivity index (χ4n) is 0.985. The fraction of sp³-hybridized carbons (Fsp3) is 0.625. The van der Waals surface area contributed by atoms with Crippen molar-refractivity contribution in [3.05, 3.63) is 4.91 Å². The third kappa shape index (κ3) is 4.23. The lowest BCUT2D eigenvalue weighted by Gasteiger charge is -1.99. The summed E-state index contributed by atoms with van der Waals surface area (Å²) in [6.45, 7) is 2.04. The highest BCUT2D eigenvalue weighted by molar-refractivity contribution is 5.73. The summed E-state index contributed by atoms with van der Waals surface area (Å²) in [5, 5.41) is 13.8. The average molecular weight is 184 g/mol. The maximum Gasteiger partial charge on any atom is 0.320 e. The molecule has 1 fully saturated rings. The van der Waals surface area contributed by atoms with Gasteiger partial charge in [0.05, 0.1) is 0 Å². The lowest BCUT2D eigenvalue weighted by Crippen LogP contribution is -2.29. The smallest absolute Gasteiger partial charge is 0.320 e. The number of carboxylic acids is 1. The van der Waals surface area contributed by atoms with Gasteiger partial charge < -0.3 is 10.4 Å². The van der Waals surface area contributed by atoms with Gasteiger partial charge in [-0.3, -0.25) is 4.79 Å². The lowest BCUT2D eigenvalue weighted by atomic mass is 10.2. The molecule has 1 rings (SSSR count). The molecule has 0 radical (unpaired) electrons. The van der Waals surface area contributed by atoms with Gasteiger partial charge in [-0.05, 0) is 6.92 Å². The Bertz CT molecular complexity index is 222. The van der Waals surface area contributed by atoms with Crippen LogP contribution in [-0.2, 0) is 4.79 Å². The van der Waals surface area contributed by atoms with E-state index in [1.165, 1.54) is 0 Å². The van der Waals surface area contributed by atoms with Gasteiger partial charge in [0.2, 0.25) is 0 Å². The summed E-state index contributed by atoms with van der Waals surface area (Å²) in [5.74, 6) is 1.34. The van der Waals surface area contributed by atoms with Crippen molar-refractivity contribution in [2.24, 2.45) is 5.18 Å². The highest BCUT2D eigenvalue weighted by Crippen LogP contribution is 2.09. The number of carboxylic acid groups (broad SMARTS) is 1. The zero-order valence-corrected chi connectivity index (χ0v) is 7.36. The number of hydrogen-bond acceptors (Lipinski definition) is 4. The first-order valence-electron chi connectivity index (χ1n) is 3.81. The molecule has 2 N–H and O–H groups in total. The van der Waals surface area contributed by atoms with Crippen LogP contribution in [0.4, 0.5) is 0 Å². The first kappa shape index (κ1) is 11.6. The predicted molar refractivity (Wildman–Crippen MR) is 48.1 cm³/mol. The molecule has 1 aliphatic heterocycles. The molecule has 0 aromatic heterocycles. The molecule has 0 spiro atoms. The molecule has 5 nitrogen and oxygen atoms in total. The summed E-state index contributed by atoms with van der Waals surface area (Å²) in [7, 11) is 0. The minimum atomic E-state index is -0.911. The van der Waals surface area contributed by atoms with Crippen molar-refractivity contribution in [3.8, 4) is 12.3 Å². The van der Waals surface area contributed by atoms with E-state index in [0.29, 0.717) is 13.0 Å². The zero-order chi connectivity index (χ0) is 10.3. The van der Waals surface area contributed by atoms with Gasteiger partial charge in [0, 0.05) is 13.0 Å². The number of nitroso groups, excluding NO2 is 1. The summed E-state index contributed by atoms with van der Waals surface area (Å²) in [5.41, 5.74) is 0. The second kappa shape index (κ2) is 6.14. The van der Waals surface area contributed by atoms with Gasteiger partial charge in [-0.15, -0.1) is 12.3 Å². The number of nitrogens with zero attached hydrogens (tertiary/aromatic N) is 1. The normalized spacial score (nSPS) is 25.2. The van der Waals surface area contributed by atoms with Crippen LogP contribution in [0.1, 0.15) is 13.3 Å². The van der Waals surface area contributed by atoms with Gasteiger partial charge in [0.15, 0.2) is 0 Å². The first-order valence-corrected chi connectivity index (χ1v) is 3.81. The highest BCUT2D eigenvalue weighted by atomic mass is 16.4. The quantitative estimate of drug-likeness (QED) is 0.475. The maximum atomic E-state index is 10.3. The van der Waals surface area contributed by atoms with E-state index in [1.54, 1.807) is 6.92 Å². The first-order chi connectivity index (χ1) is 6.15. The molecule has 13 heavy (non-hydrogen) atoms. The monoisotopic (exact) mass is 184 g/mol. The second-order valence-electron chi connectivity index (χ2n) is 2.58. The third-order valence-corrected chi connectivity index (χ3v) is 1.55. The van der Waals surface area contributed by atoms with Gasteiger partial charge >= 0.3 is 5.97 Å². The average Bonchev–Trinajstić information content (AvgIpc) is 2.53. The maximum absolute atomic E-state index is 10.3. The molecule has 0 aliphatic carbocycles. The molecule has 0 aromatic rings. The summed E-state index contributed by atoms with van der Waals surface area (Å²) in [6.07, 6.45) is 4.92. The number of aliphatic carboxylic acids is 1. The Hall–Kier alpha value is -1.41. The molecule has 0 unspecified atom stereocenters. The van der Waals surface area contributed by atoms with E-state index in [9.17, 15) is 9.70 Å². The minimum Gasteiger partial charge on any atom is -0.480 e. The number of hydrogen-bond donors (Lipinski definition) is 2. The van der Waals surface area contributed by atoms with Crippen LogP contribution >= 0.6 is 0 Å². The number of terminal acetylenes is 1. The van der Waals surface area contributed by atoms with Crippen LogP contribution in [0.3, 0.4) is 0 Å². The van der Waals surface area contributed by atoms with Crippen LogP contribution in [0.5, 0.6) is 0 Å². The largest absolute Gasteiger partial charge is 0.480 e. The molecule has 1 heterocycles. The van der Waals surface area contributed by atoms with Crippen molar-refractivity contribution >= 4 is 5.97 Å². The van der Waals surface area contributed by atoms with Crippen molar-refractivity contribution in [1.82, 2.24) is 5.32 Å². The third-order valence-electron chi connectivity index (χ3n) is 1.55. The molecule has 72 valence electrons. The minimum absolute atomic E-state index is 0.318. The summed E-state index contributed by atoms with van der Waals surface area (Å²) in [4.78, 5) is 20.1. The number of nitrogens with one attached hydrogen (secondary N) is 1. The lowest BCUT2D eigenvalue weighted by molar-refractivity contribution is -0.139. The summed E-state index contributed by atoms with van der Waals surface area (Å²) < 4.78 is 0. The summed E-state index contributed by atoms with van der Waals surface area (Å²) in [6, 6.07) is -0.941. The molecule has 0 aromatic carbocycles. The van der Waals surface area contributed by atoms with Gasteiger partial charge in [-0.1, -0.05) is 5.18 Å². The van der Waals surface area contributed by atoms with Crippen molar-refractivity contribution < 1.29 is 9.90 Å². The van der Waals surface area contributed by atoms with E-state index in [1.807, 2.05) is 0 Å². The van der Waals surface area contributed by atoms with Gasteiger partial charge in [-0.25, -0.2) is 0 Å². The van der Waals surface area contributed by atoms with Crippen LogP contribution in [0.2, 0.25) is 0 Å². The molecular weight excluding hydrogens is 172 g/mol. The Morgan fingerprint density at radius 3 is 2.54 bits per heavy atom. The molecule has 0 saturated carbocycles. The topological polar surface area (TPSA) is 78.8 Å². The molecule has 1 aliphatic rings. The molecular formula is C8H12N2O3. The van der Waals surface area contributed by atoms with Crippen LogP contribution in [0.15, 0.2) is 5.18 Å². The Balaban J connectivity index is 0.000000424. The highest BCUT2D eigenvalue weighted by Gasteiger charge is 2.29. The van der Waals surface area contributed by atoms with E-state index in [0.717, 1.165) is 0 Å².